The third kappa shape index (κ3) is 6.68. The average Bonchev–Trinajstić information content (AvgIpc) is 2.38. The predicted octanol–water partition coefficient (Wildman–Crippen LogP) is 2.80. The molecule has 2 unspecified atom stereocenters. The van der Waals surface area contributed by atoms with Gasteiger partial charge in [-0.15, -0.1) is 24.8 Å². The Kier molecular flexibility index (Phi) is 10.1. The Morgan fingerprint density at radius 2 is 1.65 bits per heavy atom. The maximum absolute atomic E-state index is 12.6. The van der Waals surface area contributed by atoms with E-state index in [-0.39, 0.29) is 42.2 Å². The van der Waals surface area contributed by atoms with Crippen molar-refractivity contribution in [3.63, 3.8) is 0 Å². The number of hydrogen-bond donors (Lipinski definition) is 2. The molecule has 0 aliphatic heterocycles. The number of carbonyl (C=O) groups is 1. The molecule has 0 fully saturated rings. The van der Waals surface area contributed by atoms with Crippen molar-refractivity contribution in [3.8, 4) is 0 Å². The smallest absolute Gasteiger partial charge is 0.244 e. The molecular weight excluding hydrogens is 333 g/mol. The van der Waals surface area contributed by atoms with Crippen LogP contribution in [0.15, 0.2) is 30.3 Å². The molecule has 0 radical (unpaired) electrons. The molecule has 1 aromatic rings. The lowest BCUT2D eigenvalue weighted by Gasteiger charge is -2.36. The van der Waals surface area contributed by atoms with E-state index < -0.39 is 5.54 Å². The third-order valence-corrected chi connectivity index (χ3v) is 4.09. The van der Waals surface area contributed by atoms with Crippen molar-refractivity contribution >= 4 is 30.7 Å². The number of rotatable bonds is 6. The number of benzene rings is 1. The number of nitrogens with one attached hydrogen (secondary N) is 1. The van der Waals surface area contributed by atoms with Gasteiger partial charge in [0.15, 0.2) is 0 Å². The van der Waals surface area contributed by atoms with E-state index >= 15 is 0 Å². The van der Waals surface area contributed by atoms with Gasteiger partial charge in [-0.3, -0.25) is 4.79 Å². The van der Waals surface area contributed by atoms with Gasteiger partial charge in [-0.1, -0.05) is 44.2 Å². The molecule has 4 nitrogen and oxygen atoms in total. The zero-order chi connectivity index (χ0) is 16.3. The second-order valence-electron chi connectivity index (χ2n) is 6.99. The van der Waals surface area contributed by atoms with Crippen molar-refractivity contribution in [1.82, 2.24) is 10.2 Å². The van der Waals surface area contributed by atoms with Gasteiger partial charge in [0.2, 0.25) is 5.91 Å². The summed E-state index contributed by atoms with van der Waals surface area (Å²) in [5.74, 6) is -0.145. The van der Waals surface area contributed by atoms with Crippen LogP contribution in [0.5, 0.6) is 0 Å². The first-order chi connectivity index (χ1) is 9.57. The Labute approximate surface area is 153 Å². The van der Waals surface area contributed by atoms with E-state index in [0.717, 1.165) is 12.1 Å². The van der Waals surface area contributed by atoms with Gasteiger partial charge < -0.3 is 16.0 Å². The Bertz CT molecular complexity index is 476. The first kappa shape index (κ1) is 24.4. The van der Waals surface area contributed by atoms with E-state index in [2.05, 4.69) is 24.1 Å². The SMILES string of the molecule is CC(NC(=O)C(C)(N)c1ccccc1)C(C)(C)CN(C)C.Cl.Cl. The summed E-state index contributed by atoms with van der Waals surface area (Å²) in [6.45, 7) is 8.97. The van der Waals surface area contributed by atoms with Crippen molar-refractivity contribution in [2.24, 2.45) is 11.1 Å². The number of carbonyl (C=O) groups excluding carboxylic acids is 1. The molecule has 3 N–H and O–H groups in total. The van der Waals surface area contributed by atoms with Crippen LogP contribution in [-0.4, -0.2) is 37.5 Å². The summed E-state index contributed by atoms with van der Waals surface area (Å²) in [6.07, 6.45) is 0. The normalized spacial score (nSPS) is 15.0. The fourth-order valence-corrected chi connectivity index (χ4v) is 2.41. The van der Waals surface area contributed by atoms with Gasteiger partial charge in [-0.2, -0.15) is 0 Å². The summed E-state index contributed by atoms with van der Waals surface area (Å²) in [7, 11) is 4.07. The van der Waals surface area contributed by atoms with E-state index in [1.165, 1.54) is 0 Å². The number of nitrogens with two attached hydrogens (primary N) is 1. The Balaban J connectivity index is 0. The fourth-order valence-electron chi connectivity index (χ4n) is 2.41. The standard InChI is InChI=1S/C17H29N3O.2ClH/c1-13(16(2,3)12-20(5)6)19-15(21)17(4,18)14-10-8-7-9-11-14;;/h7-11,13H,12,18H2,1-6H3,(H,19,21);2*1H. The van der Waals surface area contributed by atoms with E-state index in [1.54, 1.807) is 6.92 Å². The predicted molar refractivity (Wildman–Crippen MR) is 102 cm³/mol. The van der Waals surface area contributed by atoms with Crippen LogP contribution in [0, 0.1) is 5.41 Å². The molecule has 1 aromatic carbocycles. The molecule has 2 atom stereocenters. The van der Waals surface area contributed by atoms with Crippen LogP contribution < -0.4 is 11.1 Å². The maximum atomic E-state index is 12.6. The van der Waals surface area contributed by atoms with Crippen molar-refractivity contribution in [1.29, 1.82) is 0 Å². The number of halogens is 2. The highest BCUT2D eigenvalue weighted by molar-refractivity contribution is 5.87. The number of amides is 1. The second kappa shape index (κ2) is 9.48. The molecule has 0 heterocycles. The monoisotopic (exact) mass is 363 g/mol. The molecule has 0 saturated carbocycles. The highest BCUT2D eigenvalue weighted by Crippen LogP contribution is 2.23. The van der Waals surface area contributed by atoms with Crippen LogP contribution in [0.4, 0.5) is 0 Å². The molecule has 0 aromatic heterocycles. The van der Waals surface area contributed by atoms with Gasteiger partial charge in [0.1, 0.15) is 5.54 Å². The summed E-state index contributed by atoms with van der Waals surface area (Å²) in [5.41, 5.74) is 6.01. The van der Waals surface area contributed by atoms with Crippen LogP contribution in [-0.2, 0) is 10.3 Å². The van der Waals surface area contributed by atoms with Crippen LogP contribution in [0.25, 0.3) is 0 Å². The summed E-state index contributed by atoms with van der Waals surface area (Å²) < 4.78 is 0. The van der Waals surface area contributed by atoms with Gasteiger partial charge >= 0.3 is 0 Å². The number of nitrogens with zero attached hydrogens (tertiary/aromatic N) is 1. The van der Waals surface area contributed by atoms with Crippen molar-refractivity contribution in [2.75, 3.05) is 20.6 Å². The Morgan fingerprint density at radius 3 is 2.09 bits per heavy atom. The lowest BCUT2D eigenvalue weighted by molar-refractivity contribution is -0.127. The van der Waals surface area contributed by atoms with Crippen molar-refractivity contribution in [3.05, 3.63) is 35.9 Å². The molecule has 0 aliphatic carbocycles. The largest absolute Gasteiger partial charge is 0.351 e. The molecule has 0 saturated heterocycles. The quantitative estimate of drug-likeness (QED) is 0.816. The lowest BCUT2D eigenvalue weighted by Crippen LogP contribution is -2.55. The van der Waals surface area contributed by atoms with E-state index in [1.807, 2.05) is 51.4 Å². The fraction of sp³-hybridized carbons (Fsp3) is 0.588. The van der Waals surface area contributed by atoms with Crippen molar-refractivity contribution in [2.45, 2.75) is 39.3 Å². The molecule has 23 heavy (non-hydrogen) atoms. The average molecular weight is 364 g/mol. The van der Waals surface area contributed by atoms with Crippen molar-refractivity contribution < 1.29 is 4.79 Å². The summed E-state index contributed by atoms with van der Waals surface area (Å²) >= 11 is 0. The molecule has 1 amide bonds. The van der Waals surface area contributed by atoms with Crippen LogP contribution in [0.2, 0.25) is 0 Å². The van der Waals surface area contributed by atoms with Gasteiger partial charge in [0.05, 0.1) is 0 Å². The molecule has 0 bridgehead atoms. The lowest BCUT2D eigenvalue weighted by atomic mass is 9.83. The second-order valence-corrected chi connectivity index (χ2v) is 6.99. The van der Waals surface area contributed by atoms with Gasteiger partial charge in [0.25, 0.3) is 0 Å². The van der Waals surface area contributed by atoms with Crippen LogP contribution in [0.3, 0.4) is 0 Å². The molecule has 0 aliphatic rings. The molecule has 1 rings (SSSR count). The van der Waals surface area contributed by atoms with Gasteiger partial charge in [0, 0.05) is 12.6 Å². The van der Waals surface area contributed by atoms with Crippen LogP contribution >= 0.6 is 24.8 Å². The first-order valence-electron chi connectivity index (χ1n) is 7.37. The highest BCUT2D eigenvalue weighted by Gasteiger charge is 2.35. The van der Waals surface area contributed by atoms with Gasteiger partial charge in [-0.25, -0.2) is 0 Å². The maximum Gasteiger partial charge on any atom is 0.244 e. The summed E-state index contributed by atoms with van der Waals surface area (Å²) in [5, 5.41) is 3.07. The molecule has 134 valence electrons. The minimum absolute atomic E-state index is 0. The third-order valence-electron chi connectivity index (χ3n) is 4.09. The highest BCUT2D eigenvalue weighted by atomic mass is 35.5. The Hall–Kier alpha value is -0.810. The molecule has 0 spiro atoms. The van der Waals surface area contributed by atoms with E-state index in [4.69, 9.17) is 5.73 Å². The minimum Gasteiger partial charge on any atom is -0.351 e. The van der Waals surface area contributed by atoms with Gasteiger partial charge in [-0.05, 0) is 38.9 Å². The molecule has 6 heteroatoms. The molecular formula is C17H31Cl2N3O. The summed E-state index contributed by atoms with van der Waals surface area (Å²) in [4.78, 5) is 14.7. The van der Waals surface area contributed by atoms with Crippen LogP contribution in [0.1, 0.15) is 33.3 Å². The van der Waals surface area contributed by atoms with E-state index in [0.29, 0.717) is 0 Å². The zero-order valence-electron chi connectivity index (χ0n) is 14.9. The Morgan fingerprint density at radius 1 is 1.17 bits per heavy atom. The van der Waals surface area contributed by atoms with E-state index in [9.17, 15) is 4.79 Å². The summed E-state index contributed by atoms with van der Waals surface area (Å²) in [6, 6.07) is 9.50. The topological polar surface area (TPSA) is 58.4 Å². The first-order valence-corrected chi connectivity index (χ1v) is 7.37. The minimum atomic E-state index is -1.02. The number of hydrogen-bond acceptors (Lipinski definition) is 3. The zero-order valence-corrected chi connectivity index (χ0v) is 16.6.